The van der Waals surface area contributed by atoms with Crippen LogP contribution in [0, 0.1) is 6.92 Å². The third-order valence-corrected chi connectivity index (χ3v) is 5.27. The zero-order valence-corrected chi connectivity index (χ0v) is 20.3. The number of nitrogens with one attached hydrogen (secondary N) is 1. The van der Waals surface area contributed by atoms with Crippen LogP contribution < -0.4 is 10.2 Å². The molecule has 0 unspecified atom stereocenters. The number of carbonyl (C=O) groups excluding carboxylic acids is 1. The first-order chi connectivity index (χ1) is 17.6. The third-order valence-electron chi connectivity index (χ3n) is 5.27. The molecule has 0 aliphatic rings. The first-order valence-corrected chi connectivity index (χ1v) is 11.7. The lowest BCUT2D eigenvalue weighted by molar-refractivity contribution is -0.137. The number of benzene rings is 3. The number of ether oxygens (including phenoxy) is 2. The number of hydroxylamine groups is 1. The van der Waals surface area contributed by atoms with Gasteiger partial charge in [0.1, 0.15) is 23.8 Å². The van der Waals surface area contributed by atoms with Crippen LogP contribution in [0.25, 0.3) is 17.2 Å². The second kappa shape index (κ2) is 12.4. The van der Waals surface area contributed by atoms with Crippen molar-refractivity contribution >= 4 is 11.7 Å². The Hall–Kier alpha value is -4.36. The molecular formula is C29H28N2O5. The van der Waals surface area contributed by atoms with Crippen molar-refractivity contribution in [1.29, 1.82) is 0 Å². The van der Waals surface area contributed by atoms with Crippen LogP contribution in [0.2, 0.25) is 0 Å². The molecule has 36 heavy (non-hydrogen) atoms. The smallest absolute Gasteiger partial charge is 0.332 e. The van der Waals surface area contributed by atoms with E-state index in [4.69, 9.17) is 18.7 Å². The van der Waals surface area contributed by atoms with Gasteiger partial charge in [-0.25, -0.2) is 9.78 Å². The van der Waals surface area contributed by atoms with Crippen LogP contribution in [0.1, 0.15) is 29.5 Å². The van der Waals surface area contributed by atoms with Gasteiger partial charge in [0.25, 0.3) is 0 Å². The van der Waals surface area contributed by atoms with Gasteiger partial charge in [0.2, 0.25) is 5.89 Å². The SMILES string of the molecule is CCOC(=O)C=C(NOCc1ccc(OCc2nc(-c3ccccc3)oc2C)cc1)c1ccccc1. The number of rotatable bonds is 11. The van der Waals surface area contributed by atoms with Crippen molar-refractivity contribution in [2.24, 2.45) is 0 Å². The van der Waals surface area contributed by atoms with Gasteiger partial charge in [-0.2, -0.15) is 0 Å². The molecule has 0 radical (unpaired) electrons. The van der Waals surface area contributed by atoms with Gasteiger partial charge in [-0.3, -0.25) is 10.3 Å². The van der Waals surface area contributed by atoms with E-state index in [0.717, 1.165) is 28.1 Å². The Labute approximate surface area is 210 Å². The molecule has 0 aliphatic heterocycles. The van der Waals surface area contributed by atoms with Crippen molar-refractivity contribution in [2.45, 2.75) is 27.1 Å². The number of nitrogens with zero attached hydrogens (tertiary/aromatic N) is 1. The number of hydrogen-bond donors (Lipinski definition) is 1. The Morgan fingerprint density at radius 3 is 2.33 bits per heavy atom. The maximum absolute atomic E-state index is 11.9. The van der Waals surface area contributed by atoms with Gasteiger partial charge in [-0.15, -0.1) is 0 Å². The van der Waals surface area contributed by atoms with Crippen molar-refractivity contribution in [1.82, 2.24) is 10.5 Å². The largest absolute Gasteiger partial charge is 0.487 e. The fourth-order valence-corrected chi connectivity index (χ4v) is 3.39. The van der Waals surface area contributed by atoms with Gasteiger partial charge < -0.3 is 13.9 Å². The van der Waals surface area contributed by atoms with Gasteiger partial charge >= 0.3 is 5.97 Å². The number of hydrogen-bond acceptors (Lipinski definition) is 7. The number of esters is 1. The highest BCUT2D eigenvalue weighted by Gasteiger charge is 2.12. The highest BCUT2D eigenvalue weighted by molar-refractivity contribution is 5.90. The van der Waals surface area contributed by atoms with E-state index in [9.17, 15) is 4.79 Å². The second-order valence-corrected chi connectivity index (χ2v) is 7.89. The summed E-state index contributed by atoms with van der Waals surface area (Å²) in [7, 11) is 0. The minimum atomic E-state index is -0.438. The minimum Gasteiger partial charge on any atom is -0.487 e. The van der Waals surface area contributed by atoms with Crippen molar-refractivity contribution in [3.8, 4) is 17.2 Å². The molecule has 3 aromatic carbocycles. The van der Waals surface area contributed by atoms with E-state index in [1.54, 1.807) is 6.92 Å². The molecule has 4 aromatic rings. The topological polar surface area (TPSA) is 82.8 Å². The van der Waals surface area contributed by atoms with E-state index in [2.05, 4.69) is 10.5 Å². The molecule has 1 aromatic heterocycles. The molecule has 0 saturated heterocycles. The molecule has 0 atom stereocenters. The van der Waals surface area contributed by atoms with Crippen LogP contribution >= 0.6 is 0 Å². The summed E-state index contributed by atoms with van der Waals surface area (Å²) in [6.45, 7) is 4.54. The first-order valence-electron chi connectivity index (χ1n) is 11.7. The van der Waals surface area contributed by atoms with Gasteiger partial charge in [-0.05, 0) is 43.7 Å². The van der Waals surface area contributed by atoms with Gasteiger partial charge in [0, 0.05) is 17.2 Å². The summed E-state index contributed by atoms with van der Waals surface area (Å²) in [6.07, 6.45) is 1.38. The van der Waals surface area contributed by atoms with Gasteiger partial charge in [-0.1, -0.05) is 60.7 Å². The number of aromatic nitrogens is 1. The molecule has 7 nitrogen and oxygen atoms in total. The molecular weight excluding hydrogens is 456 g/mol. The quantitative estimate of drug-likeness (QED) is 0.162. The molecule has 7 heteroatoms. The van der Waals surface area contributed by atoms with Crippen molar-refractivity contribution < 1.29 is 23.5 Å². The molecule has 0 aliphatic carbocycles. The number of oxazole rings is 1. The van der Waals surface area contributed by atoms with Crippen molar-refractivity contribution in [3.05, 3.63) is 114 Å². The molecule has 0 saturated carbocycles. The Bertz CT molecular complexity index is 1280. The molecule has 0 fully saturated rings. The molecule has 4 rings (SSSR count). The molecule has 1 heterocycles. The second-order valence-electron chi connectivity index (χ2n) is 7.89. The minimum absolute atomic E-state index is 0.288. The zero-order chi connectivity index (χ0) is 25.2. The predicted molar refractivity (Wildman–Crippen MR) is 136 cm³/mol. The van der Waals surface area contributed by atoms with Gasteiger partial charge in [0.15, 0.2) is 0 Å². The van der Waals surface area contributed by atoms with E-state index in [1.165, 1.54) is 6.08 Å². The summed E-state index contributed by atoms with van der Waals surface area (Å²) in [5.74, 6) is 1.59. The average molecular weight is 485 g/mol. The third kappa shape index (κ3) is 6.84. The van der Waals surface area contributed by atoms with Crippen LogP contribution in [0.5, 0.6) is 5.75 Å². The number of carbonyl (C=O) groups is 1. The molecule has 0 bridgehead atoms. The Morgan fingerprint density at radius 2 is 1.64 bits per heavy atom. The maximum atomic E-state index is 11.9. The van der Waals surface area contributed by atoms with Crippen LogP contribution in [-0.4, -0.2) is 17.6 Å². The normalized spacial score (nSPS) is 11.2. The van der Waals surface area contributed by atoms with Crippen LogP contribution in [0.4, 0.5) is 0 Å². The Kier molecular flexibility index (Phi) is 8.51. The zero-order valence-electron chi connectivity index (χ0n) is 20.3. The highest BCUT2D eigenvalue weighted by Crippen LogP contribution is 2.23. The highest BCUT2D eigenvalue weighted by atomic mass is 16.6. The van der Waals surface area contributed by atoms with Gasteiger partial charge in [0.05, 0.1) is 18.9 Å². The fraction of sp³-hybridized carbons (Fsp3) is 0.172. The van der Waals surface area contributed by atoms with E-state index in [-0.39, 0.29) is 6.61 Å². The predicted octanol–water partition coefficient (Wildman–Crippen LogP) is 5.85. The van der Waals surface area contributed by atoms with Crippen LogP contribution in [0.3, 0.4) is 0 Å². The lowest BCUT2D eigenvalue weighted by Gasteiger charge is -2.12. The number of aryl methyl sites for hydroxylation is 1. The van der Waals surface area contributed by atoms with Crippen LogP contribution in [-0.2, 0) is 27.6 Å². The Balaban J connectivity index is 1.31. The van der Waals surface area contributed by atoms with E-state index in [0.29, 0.717) is 30.6 Å². The monoisotopic (exact) mass is 484 g/mol. The summed E-state index contributed by atoms with van der Waals surface area (Å²) in [6, 6.07) is 26.8. The average Bonchev–Trinajstić information content (AvgIpc) is 3.29. The summed E-state index contributed by atoms with van der Waals surface area (Å²) >= 11 is 0. The standard InChI is InChI=1S/C29H28N2O5/c1-3-33-28(32)18-26(23-10-6-4-7-11-23)31-35-19-22-14-16-25(17-15-22)34-20-27-21(2)36-29(30-27)24-12-8-5-9-13-24/h4-18,31H,3,19-20H2,1-2H3. The summed E-state index contributed by atoms with van der Waals surface area (Å²) in [4.78, 5) is 22.2. The molecule has 0 amide bonds. The summed E-state index contributed by atoms with van der Waals surface area (Å²) in [5.41, 5.74) is 6.82. The molecule has 0 spiro atoms. The molecule has 1 N–H and O–H groups in total. The first kappa shape index (κ1) is 24.8. The lowest BCUT2D eigenvalue weighted by atomic mass is 10.1. The van der Waals surface area contributed by atoms with Crippen LogP contribution in [0.15, 0.2) is 95.4 Å². The van der Waals surface area contributed by atoms with E-state index >= 15 is 0 Å². The molecule has 184 valence electrons. The van der Waals surface area contributed by atoms with Crippen molar-refractivity contribution in [3.63, 3.8) is 0 Å². The maximum Gasteiger partial charge on any atom is 0.332 e. The van der Waals surface area contributed by atoms with E-state index < -0.39 is 5.97 Å². The van der Waals surface area contributed by atoms with Crippen molar-refractivity contribution in [2.75, 3.05) is 6.61 Å². The Morgan fingerprint density at radius 1 is 0.944 bits per heavy atom. The summed E-state index contributed by atoms with van der Waals surface area (Å²) < 4.78 is 16.7. The summed E-state index contributed by atoms with van der Waals surface area (Å²) in [5, 5.41) is 0. The fourth-order valence-electron chi connectivity index (χ4n) is 3.39. The van der Waals surface area contributed by atoms with E-state index in [1.807, 2.05) is 91.9 Å². The lowest BCUT2D eigenvalue weighted by Crippen LogP contribution is -2.15.